The summed E-state index contributed by atoms with van der Waals surface area (Å²) in [5.41, 5.74) is 0.753. The predicted molar refractivity (Wildman–Crippen MR) is 82.3 cm³/mol. The number of benzene rings is 1. The third kappa shape index (κ3) is 3.12. The number of ether oxygens (including phenoxy) is 2. The number of fused-ring (bicyclic) bond motifs is 1. The maximum absolute atomic E-state index is 12.0. The first-order chi connectivity index (χ1) is 11.2. The average Bonchev–Trinajstić information content (AvgIpc) is 3.05. The van der Waals surface area contributed by atoms with Gasteiger partial charge in [-0.25, -0.2) is 0 Å². The fourth-order valence-corrected chi connectivity index (χ4v) is 2.85. The molecule has 1 aliphatic heterocycles. The molecule has 2 heterocycles. The Morgan fingerprint density at radius 2 is 2.13 bits per heavy atom. The highest BCUT2D eigenvalue weighted by atomic mass is 32.2. The first-order valence-corrected chi connectivity index (χ1v) is 8.27. The van der Waals surface area contributed by atoms with Gasteiger partial charge < -0.3 is 19.2 Å². The van der Waals surface area contributed by atoms with Crippen molar-refractivity contribution in [2.24, 2.45) is 0 Å². The van der Waals surface area contributed by atoms with E-state index in [1.807, 2.05) is 13.0 Å². The minimum atomic E-state index is -0.277. The zero-order chi connectivity index (χ0) is 15.8. The van der Waals surface area contributed by atoms with Gasteiger partial charge in [-0.3, -0.25) is 4.79 Å². The van der Waals surface area contributed by atoms with E-state index in [0.717, 1.165) is 18.4 Å². The van der Waals surface area contributed by atoms with Crippen molar-refractivity contribution in [2.45, 2.75) is 36.3 Å². The number of thioether (sulfide) groups is 1. The van der Waals surface area contributed by atoms with Gasteiger partial charge in [0, 0.05) is 11.6 Å². The van der Waals surface area contributed by atoms with Crippen LogP contribution in [0.3, 0.4) is 0 Å². The summed E-state index contributed by atoms with van der Waals surface area (Å²) >= 11 is 1.25. The lowest BCUT2D eigenvalue weighted by Crippen LogP contribution is -2.32. The van der Waals surface area contributed by atoms with Gasteiger partial charge in [-0.2, -0.15) is 0 Å². The van der Waals surface area contributed by atoms with Crippen molar-refractivity contribution in [3.05, 3.63) is 18.2 Å². The Balaban J connectivity index is 1.45. The molecule has 0 bridgehead atoms. The van der Waals surface area contributed by atoms with Crippen molar-refractivity contribution in [3.8, 4) is 23.0 Å². The third-order valence-corrected chi connectivity index (χ3v) is 4.53. The Morgan fingerprint density at radius 3 is 2.96 bits per heavy atom. The van der Waals surface area contributed by atoms with Crippen molar-refractivity contribution in [1.29, 1.82) is 0 Å². The van der Waals surface area contributed by atoms with Crippen LogP contribution in [0.4, 0.5) is 0 Å². The van der Waals surface area contributed by atoms with Crippen LogP contribution in [-0.4, -0.2) is 34.2 Å². The van der Waals surface area contributed by atoms with Crippen molar-refractivity contribution in [3.63, 3.8) is 0 Å². The molecule has 2 aliphatic rings. The number of hydrogen-bond acceptors (Lipinski definition) is 7. The van der Waals surface area contributed by atoms with Crippen molar-refractivity contribution >= 4 is 17.7 Å². The molecule has 1 saturated carbocycles. The van der Waals surface area contributed by atoms with Crippen LogP contribution in [0, 0.1) is 0 Å². The van der Waals surface area contributed by atoms with E-state index in [-0.39, 0.29) is 18.0 Å². The fourth-order valence-electron chi connectivity index (χ4n) is 2.15. The molecule has 1 aromatic carbocycles. The molecule has 2 aromatic rings. The monoisotopic (exact) mass is 333 g/mol. The summed E-state index contributed by atoms with van der Waals surface area (Å²) in [7, 11) is 0. The van der Waals surface area contributed by atoms with Crippen LogP contribution in [-0.2, 0) is 4.79 Å². The molecule has 1 aromatic heterocycles. The van der Waals surface area contributed by atoms with Crippen molar-refractivity contribution < 1.29 is 18.7 Å². The summed E-state index contributed by atoms with van der Waals surface area (Å²) in [6.45, 7) is 2.05. The molecular formula is C15H15N3O4S. The first-order valence-electron chi connectivity index (χ1n) is 7.39. The molecule has 0 saturated heterocycles. The van der Waals surface area contributed by atoms with E-state index in [1.165, 1.54) is 11.8 Å². The molecule has 8 heteroatoms. The normalized spacial score (nSPS) is 17.1. The summed E-state index contributed by atoms with van der Waals surface area (Å²) in [6, 6.07) is 5.78. The summed E-state index contributed by atoms with van der Waals surface area (Å²) in [4.78, 5) is 12.0. The molecule has 0 radical (unpaired) electrons. The van der Waals surface area contributed by atoms with Crippen LogP contribution >= 0.6 is 11.8 Å². The smallest absolute Gasteiger partial charge is 0.277 e. The van der Waals surface area contributed by atoms with Crippen LogP contribution in [0.1, 0.15) is 19.8 Å². The Morgan fingerprint density at radius 1 is 1.30 bits per heavy atom. The summed E-state index contributed by atoms with van der Waals surface area (Å²) in [5, 5.41) is 11.1. The number of hydrogen-bond donors (Lipinski definition) is 1. The van der Waals surface area contributed by atoms with Gasteiger partial charge in [-0.15, -0.1) is 10.2 Å². The molecule has 4 rings (SSSR count). The Kier molecular flexibility index (Phi) is 3.60. The predicted octanol–water partition coefficient (Wildman–Crippen LogP) is 2.22. The third-order valence-electron chi connectivity index (χ3n) is 3.60. The molecule has 1 atom stereocenters. The SMILES string of the molecule is CC(Sc1nnc(-c2ccc3c(c2)OCO3)o1)C(=O)NC1CC1. The van der Waals surface area contributed by atoms with Crippen molar-refractivity contribution in [2.75, 3.05) is 6.79 Å². The zero-order valence-corrected chi connectivity index (χ0v) is 13.3. The Hall–Kier alpha value is -2.22. The molecule has 0 spiro atoms. The summed E-state index contributed by atoms with van der Waals surface area (Å²) in [5.74, 6) is 1.75. The molecule has 1 amide bonds. The molecule has 1 fully saturated rings. The fraction of sp³-hybridized carbons (Fsp3) is 0.400. The lowest BCUT2D eigenvalue weighted by atomic mass is 10.2. The van der Waals surface area contributed by atoms with Gasteiger partial charge in [0.25, 0.3) is 5.22 Å². The molecule has 7 nitrogen and oxygen atoms in total. The first kappa shape index (κ1) is 14.4. The number of aromatic nitrogens is 2. The van der Waals surface area contributed by atoms with Gasteiger partial charge >= 0.3 is 0 Å². The number of rotatable bonds is 5. The highest BCUT2D eigenvalue weighted by Crippen LogP contribution is 2.36. The van der Waals surface area contributed by atoms with Gasteiger partial charge in [0.15, 0.2) is 11.5 Å². The molecular weight excluding hydrogens is 318 g/mol. The quantitative estimate of drug-likeness (QED) is 0.840. The molecule has 1 N–H and O–H groups in total. The second-order valence-electron chi connectivity index (χ2n) is 5.48. The van der Waals surface area contributed by atoms with E-state index in [2.05, 4.69) is 15.5 Å². The second-order valence-corrected chi connectivity index (χ2v) is 6.78. The Bertz CT molecular complexity index is 744. The topological polar surface area (TPSA) is 86.5 Å². The lowest BCUT2D eigenvalue weighted by molar-refractivity contribution is -0.120. The zero-order valence-electron chi connectivity index (χ0n) is 12.4. The number of nitrogens with one attached hydrogen (secondary N) is 1. The minimum absolute atomic E-state index is 0.000305. The maximum Gasteiger partial charge on any atom is 0.277 e. The maximum atomic E-state index is 12.0. The van der Waals surface area contributed by atoms with Crippen molar-refractivity contribution in [1.82, 2.24) is 15.5 Å². The van der Waals surface area contributed by atoms with E-state index in [4.69, 9.17) is 13.9 Å². The number of amides is 1. The molecule has 1 aliphatic carbocycles. The lowest BCUT2D eigenvalue weighted by Gasteiger charge is -2.08. The average molecular weight is 333 g/mol. The Labute approximate surface area is 136 Å². The van der Waals surface area contributed by atoms with E-state index in [9.17, 15) is 4.79 Å². The van der Waals surface area contributed by atoms with Gasteiger partial charge in [0.2, 0.25) is 18.6 Å². The highest BCUT2D eigenvalue weighted by molar-refractivity contribution is 8.00. The van der Waals surface area contributed by atoms with Gasteiger partial charge in [0.1, 0.15) is 0 Å². The van der Waals surface area contributed by atoms with Gasteiger partial charge in [0.05, 0.1) is 5.25 Å². The largest absolute Gasteiger partial charge is 0.454 e. The summed E-state index contributed by atoms with van der Waals surface area (Å²) < 4.78 is 16.2. The van der Waals surface area contributed by atoms with E-state index in [1.54, 1.807) is 12.1 Å². The van der Waals surface area contributed by atoms with Crippen LogP contribution < -0.4 is 14.8 Å². The highest BCUT2D eigenvalue weighted by Gasteiger charge is 2.27. The number of nitrogens with zero attached hydrogens (tertiary/aromatic N) is 2. The summed E-state index contributed by atoms with van der Waals surface area (Å²) in [6.07, 6.45) is 2.13. The number of carbonyl (C=O) groups excluding carboxylic acids is 1. The number of carbonyl (C=O) groups is 1. The van der Waals surface area contributed by atoms with Crippen LogP contribution in [0.25, 0.3) is 11.5 Å². The standard InChI is InChI=1S/C15H15N3O4S/c1-8(13(19)16-10-3-4-10)23-15-18-17-14(22-15)9-2-5-11-12(6-9)21-7-20-11/h2,5-6,8,10H,3-4,7H2,1H3,(H,16,19). The van der Waals surface area contributed by atoms with E-state index in [0.29, 0.717) is 28.7 Å². The van der Waals surface area contributed by atoms with Gasteiger partial charge in [-0.1, -0.05) is 11.8 Å². The van der Waals surface area contributed by atoms with Crippen LogP contribution in [0.5, 0.6) is 11.5 Å². The molecule has 23 heavy (non-hydrogen) atoms. The minimum Gasteiger partial charge on any atom is -0.454 e. The molecule has 120 valence electrons. The van der Waals surface area contributed by atoms with E-state index < -0.39 is 0 Å². The second kappa shape index (κ2) is 5.77. The van der Waals surface area contributed by atoms with E-state index >= 15 is 0 Å². The molecule has 1 unspecified atom stereocenters. The van der Waals surface area contributed by atoms with Crippen LogP contribution in [0.2, 0.25) is 0 Å². The van der Waals surface area contributed by atoms with Crippen LogP contribution in [0.15, 0.2) is 27.8 Å². The van der Waals surface area contributed by atoms with Gasteiger partial charge in [-0.05, 0) is 38.0 Å².